The summed E-state index contributed by atoms with van der Waals surface area (Å²) in [7, 11) is 0. The normalized spacial score (nSPS) is 15.4. The summed E-state index contributed by atoms with van der Waals surface area (Å²) in [4.78, 5) is 10.9. The lowest BCUT2D eigenvalue weighted by Gasteiger charge is -1.98. The predicted octanol–water partition coefficient (Wildman–Crippen LogP) is 0.493. The molecule has 0 aromatic heterocycles. The van der Waals surface area contributed by atoms with Gasteiger partial charge in [-0.05, 0) is 12.1 Å². The molecule has 0 spiro atoms. The van der Waals surface area contributed by atoms with Crippen LogP contribution in [0.1, 0.15) is 12.0 Å². The monoisotopic (exact) mass is 175 g/mol. The Morgan fingerprint density at radius 3 is 2.92 bits per heavy atom. The van der Waals surface area contributed by atoms with Crippen LogP contribution in [0.15, 0.2) is 29.4 Å². The van der Waals surface area contributed by atoms with Crippen molar-refractivity contribution in [2.45, 2.75) is 6.42 Å². The standard InChI is InChI=1S/C9H9N3O/c10-7-3-1-2-6(4-7)8-5-9(13)12-11-8/h1-4H,5,10H2,(H,12,13). The topological polar surface area (TPSA) is 67.5 Å². The van der Waals surface area contributed by atoms with Crippen LogP contribution in [-0.2, 0) is 4.79 Å². The van der Waals surface area contributed by atoms with Gasteiger partial charge in [0.15, 0.2) is 0 Å². The first-order valence-corrected chi connectivity index (χ1v) is 3.97. The number of nitrogen functional groups attached to an aromatic ring is 1. The van der Waals surface area contributed by atoms with Crippen LogP contribution in [-0.4, -0.2) is 11.6 Å². The minimum atomic E-state index is -0.0718. The Labute approximate surface area is 75.4 Å². The third-order valence-electron chi connectivity index (χ3n) is 1.86. The number of hydrogen-bond acceptors (Lipinski definition) is 3. The van der Waals surface area contributed by atoms with E-state index >= 15 is 0 Å². The van der Waals surface area contributed by atoms with Gasteiger partial charge in [0.2, 0.25) is 5.91 Å². The average Bonchev–Trinajstić information content (AvgIpc) is 2.52. The molecule has 1 aliphatic heterocycles. The molecule has 0 atom stereocenters. The van der Waals surface area contributed by atoms with Crippen molar-refractivity contribution in [3.63, 3.8) is 0 Å². The highest BCUT2D eigenvalue weighted by molar-refractivity contribution is 6.13. The van der Waals surface area contributed by atoms with Gasteiger partial charge in [0, 0.05) is 11.3 Å². The highest BCUT2D eigenvalue weighted by Gasteiger charge is 2.15. The molecule has 0 radical (unpaired) electrons. The van der Waals surface area contributed by atoms with Crippen molar-refractivity contribution in [1.82, 2.24) is 5.43 Å². The number of amides is 1. The fourth-order valence-electron chi connectivity index (χ4n) is 1.25. The molecule has 13 heavy (non-hydrogen) atoms. The van der Waals surface area contributed by atoms with E-state index in [1.165, 1.54) is 0 Å². The summed E-state index contributed by atoms with van der Waals surface area (Å²) in [6.07, 6.45) is 0.337. The van der Waals surface area contributed by atoms with E-state index < -0.39 is 0 Å². The van der Waals surface area contributed by atoms with Gasteiger partial charge < -0.3 is 5.73 Å². The number of carbonyl (C=O) groups excluding carboxylic acids is 1. The summed E-state index contributed by atoms with van der Waals surface area (Å²) < 4.78 is 0. The van der Waals surface area contributed by atoms with Crippen LogP contribution in [0.5, 0.6) is 0 Å². The third kappa shape index (κ3) is 1.51. The van der Waals surface area contributed by atoms with Crippen LogP contribution in [0.25, 0.3) is 0 Å². The first-order chi connectivity index (χ1) is 6.25. The summed E-state index contributed by atoms with van der Waals surface area (Å²) in [6.45, 7) is 0. The maximum atomic E-state index is 10.9. The minimum absolute atomic E-state index is 0.0718. The molecule has 0 bridgehead atoms. The fraction of sp³-hybridized carbons (Fsp3) is 0.111. The molecule has 0 saturated carbocycles. The lowest BCUT2D eigenvalue weighted by Crippen LogP contribution is -2.09. The van der Waals surface area contributed by atoms with Crippen LogP contribution in [0, 0.1) is 0 Å². The summed E-state index contributed by atoms with van der Waals surface area (Å²) in [6, 6.07) is 7.33. The van der Waals surface area contributed by atoms with Gasteiger partial charge in [0.05, 0.1) is 12.1 Å². The molecule has 0 saturated heterocycles. The van der Waals surface area contributed by atoms with Crippen molar-refractivity contribution in [1.29, 1.82) is 0 Å². The minimum Gasteiger partial charge on any atom is -0.399 e. The average molecular weight is 175 g/mol. The van der Waals surface area contributed by atoms with E-state index in [4.69, 9.17) is 5.73 Å². The molecule has 4 nitrogen and oxygen atoms in total. The maximum Gasteiger partial charge on any atom is 0.246 e. The zero-order valence-electron chi connectivity index (χ0n) is 6.95. The first-order valence-electron chi connectivity index (χ1n) is 3.97. The van der Waals surface area contributed by atoms with Gasteiger partial charge in [-0.2, -0.15) is 5.10 Å². The summed E-state index contributed by atoms with van der Waals surface area (Å²) in [5.74, 6) is -0.0718. The number of nitrogens with two attached hydrogens (primary N) is 1. The highest BCUT2D eigenvalue weighted by atomic mass is 16.2. The second-order valence-electron chi connectivity index (χ2n) is 2.90. The number of hydrazone groups is 1. The number of nitrogens with zero attached hydrogens (tertiary/aromatic N) is 1. The molecule has 2 rings (SSSR count). The van der Waals surface area contributed by atoms with Gasteiger partial charge in [0.25, 0.3) is 0 Å². The van der Waals surface area contributed by atoms with Crippen molar-refractivity contribution < 1.29 is 4.79 Å². The van der Waals surface area contributed by atoms with Crippen LogP contribution < -0.4 is 11.2 Å². The first kappa shape index (κ1) is 7.79. The van der Waals surface area contributed by atoms with Crippen molar-refractivity contribution in [3.8, 4) is 0 Å². The fourth-order valence-corrected chi connectivity index (χ4v) is 1.25. The molecular weight excluding hydrogens is 166 g/mol. The lowest BCUT2D eigenvalue weighted by molar-refractivity contribution is -0.119. The molecule has 1 amide bonds. The quantitative estimate of drug-likeness (QED) is 0.610. The molecule has 66 valence electrons. The van der Waals surface area contributed by atoms with Crippen molar-refractivity contribution in [2.75, 3.05) is 5.73 Å². The molecule has 1 aromatic rings. The molecule has 0 unspecified atom stereocenters. The van der Waals surface area contributed by atoms with Gasteiger partial charge in [-0.15, -0.1) is 0 Å². The molecule has 0 aliphatic carbocycles. The van der Waals surface area contributed by atoms with Gasteiger partial charge in [-0.1, -0.05) is 12.1 Å². The van der Waals surface area contributed by atoms with Gasteiger partial charge in [-0.3, -0.25) is 4.79 Å². The van der Waals surface area contributed by atoms with E-state index in [0.717, 1.165) is 11.3 Å². The van der Waals surface area contributed by atoms with E-state index in [9.17, 15) is 4.79 Å². The van der Waals surface area contributed by atoms with Crippen LogP contribution >= 0.6 is 0 Å². The third-order valence-corrected chi connectivity index (χ3v) is 1.86. The summed E-state index contributed by atoms with van der Waals surface area (Å²) >= 11 is 0. The Bertz CT molecular complexity index is 384. The number of hydrogen-bond donors (Lipinski definition) is 2. The van der Waals surface area contributed by atoms with E-state index in [-0.39, 0.29) is 5.91 Å². The molecule has 0 fully saturated rings. The molecule has 1 aromatic carbocycles. The summed E-state index contributed by atoms with van der Waals surface area (Å²) in [5.41, 5.74) is 10.3. The SMILES string of the molecule is Nc1cccc(C2=NNC(=O)C2)c1. The number of anilines is 1. The molecule has 4 heteroatoms. The number of benzene rings is 1. The largest absolute Gasteiger partial charge is 0.399 e. The molecule has 1 aliphatic rings. The van der Waals surface area contributed by atoms with Gasteiger partial charge in [0.1, 0.15) is 0 Å². The zero-order valence-corrected chi connectivity index (χ0v) is 6.95. The van der Waals surface area contributed by atoms with Crippen molar-refractivity contribution in [2.24, 2.45) is 5.10 Å². The van der Waals surface area contributed by atoms with E-state index in [1.54, 1.807) is 12.1 Å². The summed E-state index contributed by atoms with van der Waals surface area (Å²) in [5, 5.41) is 3.89. The number of nitrogens with one attached hydrogen (secondary N) is 1. The Hall–Kier alpha value is -1.84. The smallest absolute Gasteiger partial charge is 0.246 e. The van der Waals surface area contributed by atoms with Gasteiger partial charge >= 0.3 is 0 Å². The van der Waals surface area contributed by atoms with Crippen molar-refractivity contribution in [3.05, 3.63) is 29.8 Å². The van der Waals surface area contributed by atoms with Crippen LogP contribution in [0.2, 0.25) is 0 Å². The highest BCUT2D eigenvalue weighted by Crippen LogP contribution is 2.11. The Balaban J connectivity index is 2.31. The van der Waals surface area contributed by atoms with E-state index in [1.807, 2.05) is 12.1 Å². The van der Waals surface area contributed by atoms with E-state index in [2.05, 4.69) is 10.5 Å². The van der Waals surface area contributed by atoms with E-state index in [0.29, 0.717) is 12.1 Å². The second kappa shape index (κ2) is 2.90. The Morgan fingerprint density at radius 1 is 1.46 bits per heavy atom. The van der Waals surface area contributed by atoms with Crippen molar-refractivity contribution >= 4 is 17.3 Å². The zero-order chi connectivity index (χ0) is 9.26. The number of carbonyl (C=O) groups is 1. The lowest BCUT2D eigenvalue weighted by atomic mass is 10.1. The Kier molecular flexibility index (Phi) is 1.73. The molecular formula is C9H9N3O. The van der Waals surface area contributed by atoms with Gasteiger partial charge in [-0.25, -0.2) is 5.43 Å². The molecule has 1 heterocycles. The Morgan fingerprint density at radius 2 is 2.31 bits per heavy atom. The molecule has 3 N–H and O–H groups in total. The number of rotatable bonds is 1. The van der Waals surface area contributed by atoms with Crippen LogP contribution in [0.3, 0.4) is 0 Å². The second-order valence-corrected chi connectivity index (χ2v) is 2.90. The predicted molar refractivity (Wildman–Crippen MR) is 50.2 cm³/mol. The van der Waals surface area contributed by atoms with Crippen LogP contribution in [0.4, 0.5) is 5.69 Å². The maximum absolute atomic E-state index is 10.9.